The molecule has 1 amide bonds. The molecule has 2 heterocycles. The summed E-state index contributed by atoms with van der Waals surface area (Å²) in [5.41, 5.74) is 8.62. The van der Waals surface area contributed by atoms with E-state index in [0.29, 0.717) is 33.5 Å². The molecule has 0 bridgehead atoms. The molecule has 1 atom stereocenters. The minimum absolute atomic E-state index is 0. The van der Waals surface area contributed by atoms with Crippen molar-refractivity contribution >= 4 is 52.4 Å². The first kappa shape index (κ1) is 31.3. The molecule has 200 valence electrons. The van der Waals surface area contributed by atoms with Crippen LogP contribution >= 0.6 is 11.8 Å². The SMILES string of the molecule is Nc1nc(SCc2ccccc2)c2nc(CNc3ccc(C(=O)NC(CCC(=O)O)C(=O)O)cc3)nnc2n1.[K+]. The van der Waals surface area contributed by atoms with Crippen LogP contribution in [0.5, 0.6) is 0 Å². The number of carboxylic acid groups (broad SMARTS) is 2. The third-order valence-corrected chi connectivity index (χ3v) is 6.45. The van der Waals surface area contributed by atoms with Gasteiger partial charge >= 0.3 is 63.3 Å². The topological polar surface area (TPSA) is 206 Å². The molecule has 40 heavy (non-hydrogen) atoms. The largest absolute Gasteiger partial charge is 1.00 e. The summed E-state index contributed by atoms with van der Waals surface area (Å²) < 4.78 is 0. The van der Waals surface area contributed by atoms with Gasteiger partial charge in [0.15, 0.2) is 5.82 Å². The molecular weight excluding hydrogens is 563 g/mol. The summed E-state index contributed by atoms with van der Waals surface area (Å²) in [5.74, 6) is -1.93. The van der Waals surface area contributed by atoms with Crippen LogP contribution in [0.1, 0.15) is 34.6 Å². The number of benzene rings is 2. The quantitative estimate of drug-likeness (QED) is 0.0795. The molecule has 15 heteroatoms. The minimum Gasteiger partial charge on any atom is -0.481 e. The molecule has 0 spiro atoms. The van der Waals surface area contributed by atoms with Crippen molar-refractivity contribution in [2.45, 2.75) is 36.2 Å². The fourth-order valence-electron chi connectivity index (χ4n) is 3.45. The summed E-state index contributed by atoms with van der Waals surface area (Å²) in [6.45, 7) is 0.220. The Morgan fingerprint density at radius 3 is 2.35 bits per heavy atom. The van der Waals surface area contributed by atoms with Crippen molar-refractivity contribution in [2.75, 3.05) is 11.1 Å². The molecule has 0 aliphatic heterocycles. The van der Waals surface area contributed by atoms with Gasteiger partial charge in [0.05, 0.1) is 6.54 Å². The molecule has 2 aromatic carbocycles. The van der Waals surface area contributed by atoms with Crippen molar-refractivity contribution in [3.8, 4) is 0 Å². The molecule has 0 saturated heterocycles. The molecule has 0 aliphatic carbocycles. The van der Waals surface area contributed by atoms with E-state index in [1.807, 2.05) is 30.3 Å². The summed E-state index contributed by atoms with van der Waals surface area (Å²) in [6, 6.07) is 14.9. The number of fused-ring (bicyclic) bond motifs is 1. The van der Waals surface area contributed by atoms with Gasteiger partial charge in [-0.05, 0) is 36.2 Å². The summed E-state index contributed by atoms with van der Waals surface area (Å²) in [5, 5.41) is 32.3. The van der Waals surface area contributed by atoms with Crippen molar-refractivity contribution in [3.63, 3.8) is 0 Å². The second-order valence-corrected chi connectivity index (χ2v) is 9.25. The van der Waals surface area contributed by atoms with Gasteiger partial charge in [-0.2, -0.15) is 4.98 Å². The number of anilines is 2. The van der Waals surface area contributed by atoms with Crippen molar-refractivity contribution in [2.24, 2.45) is 0 Å². The van der Waals surface area contributed by atoms with Gasteiger partial charge in [-0.15, -0.1) is 10.2 Å². The Kier molecular flexibility index (Phi) is 11.7. The zero-order valence-corrected chi connectivity index (χ0v) is 25.4. The molecule has 6 N–H and O–H groups in total. The number of carbonyl (C=O) groups excluding carboxylic acids is 1. The maximum absolute atomic E-state index is 12.4. The molecule has 4 aromatic rings. The summed E-state index contributed by atoms with van der Waals surface area (Å²) in [6.07, 6.45) is -0.599. The predicted molar refractivity (Wildman–Crippen MR) is 143 cm³/mol. The van der Waals surface area contributed by atoms with Gasteiger partial charge in [0.1, 0.15) is 16.6 Å². The van der Waals surface area contributed by atoms with Gasteiger partial charge in [-0.3, -0.25) is 9.59 Å². The zero-order valence-electron chi connectivity index (χ0n) is 21.4. The fraction of sp³-hybridized carbons (Fsp3) is 0.200. The Morgan fingerprint density at radius 2 is 1.68 bits per heavy atom. The Bertz CT molecular complexity index is 1490. The molecule has 0 aliphatic rings. The molecule has 1 unspecified atom stereocenters. The molecular formula is C25H24KN8O5S+. The number of nitrogens with two attached hydrogens (primary N) is 1. The van der Waals surface area contributed by atoms with Crippen molar-refractivity contribution < 1.29 is 76.0 Å². The van der Waals surface area contributed by atoms with Crippen LogP contribution in [0.4, 0.5) is 11.6 Å². The number of carbonyl (C=O) groups is 3. The minimum atomic E-state index is -1.31. The van der Waals surface area contributed by atoms with Crippen LogP contribution in [0.3, 0.4) is 0 Å². The fourth-order valence-corrected chi connectivity index (χ4v) is 4.38. The van der Waals surface area contributed by atoms with E-state index in [0.717, 1.165) is 5.56 Å². The standard InChI is InChI=1S/C25H24N8O5S.K/c26-25-30-21-20(23(31-25)39-13-14-4-2-1-3-5-14)29-18(32-33-21)12-27-16-8-6-15(7-9-16)22(36)28-17(24(37)38)10-11-19(34)35;/h1-9,17,27H,10-13H2,(H,28,36)(H,34,35)(H,37,38)(H2,26,30,31,33);/q;+1. The van der Waals surface area contributed by atoms with Gasteiger partial charge < -0.3 is 26.6 Å². The van der Waals surface area contributed by atoms with Gasteiger partial charge in [0.25, 0.3) is 5.91 Å². The van der Waals surface area contributed by atoms with Crippen molar-refractivity contribution in [3.05, 3.63) is 71.5 Å². The number of aliphatic carboxylic acids is 2. The number of nitrogens with one attached hydrogen (secondary N) is 2. The number of rotatable bonds is 12. The number of nitrogens with zero attached hydrogens (tertiary/aromatic N) is 5. The maximum Gasteiger partial charge on any atom is 1.00 e. The van der Waals surface area contributed by atoms with Gasteiger partial charge in [-0.1, -0.05) is 42.1 Å². The van der Waals surface area contributed by atoms with Crippen molar-refractivity contribution in [1.29, 1.82) is 0 Å². The molecule has 0 radical (unpaired) electrons. The van der Waals surface area contributed by atoms with Crippen LogP contribution in [0.2, 0.25) is 0 Å². The van der Waals surface area contributed by atoms with E-state index in [1.54, 1.807) is 12.1 Å². The maximum atomic E-state index is 12.4. The number of thioether (sulfide) groups is 1. The Balaban J connectivity index is 0.00000441. The molecule has 2 aromatic heterocycles. The van der Waals surface area contributed by atoms with E-state index >= 15 is 0 Å². The number of nitrogen functional groups attached to an aromatic ring is 1. The number of carboxylic acids is 2. The molecule has 0 fully saturated rings. The molecule has 0 saturated carbocycles. The second kappa shape index (κ2) is 15.0. The van der Waals surface area contributed by atoms with E-state index in [-0.39, 0.29) is 82.3 Å². The number of hydrogen-bond acceptors (Lipinski definition) is 11. The van der Waals surface area contributed by atoms with Gasteiger partial charge in [-0.25, -0.2) is 14.8 Å². The zero-order chi connectivity index (χ0) is 27.8. The Hall–Kier alpha value is -3.21. The summed E-state index contributed by atoms with van der Waals surface area (Å²) in [4.78, 5) is 47.5. The average Bonchev–Trinajstić information content (AvgIpc) is 2.93. The second-order valence-electron chi connectivity index (χ2n) is 8.29. The van der Waals surface area contributed by atoms with Crippen LogP contribution in [-0.4, -0.2) is 59.2 Å². The summed E-state index contributed by atoms with van der Waals surface area (Å²) >= 11 is 1.47. The average molecular weight is 588 g/mol. The van der Waals surface area contributed by atoms with Crippen LogP contribution < -0.4 is 67.8 Å². The van der Waals surface area contributed by atoms with Crippen LogP contribution in [0.25, 0.3) is 11.2 Å². The molecule has 4 rings (SSSR count). The normalized spacial score (nSPS) is 11.3. The van der Waals surface area contributed by atoms with E-state index in [4.69, 9.17) is 10.8 Å². The first-order valence-corrected chi connectivity index (χ1v) is 12.7. The van der Waals surface area contributed by atoms with Crippen LogP contribution in [0.15, 0.2) is 59.6 Å². The van der Waals surface area contributed by atoms with Gasteiger partial charge in [0, 0.05) is 23.4 Å². The molecule has 13 nitrogen and oxygen atoms in total. The van der Waals surface area contributed by atoms with Crippen LogP contribution in [0, 0.1) is 0 Å². The summed E-state index contributed by atoms with van der Waals surface area (Å²) in [7, 11) is 0. The van der Waals surface area contributed by atoms with E-state index in [2.05, 4.69) is 35.8 Å². The first-order chi connectivity index (χ1) is 18.8. The van der Waals surface area contributed by atoms with E-state index in [9.17, 15) is 19.5 Å². The van der Waals surface area contributed by atoms with Gasteiger partial charge in [0.2, 0.25) is 11.6 Å². The Labute approximate surface area is 275 Å². The third-order valence-electron chi connectivity index (χ3n) is 5.42. The number of amides is 1. The smallest absolute Gasteiger partial charge is 0.481 e. The number of hydrogen-bond donors (Lipinski definition) is 5. The third kappa shape index (κ3) is 8.90. The van der Waals surface area contributed by atoms with E-state index < -0.39 is 23.9 Å². The monoisotopic (exact) mass is 587 g/mol. The first-order valence-electron chi connectivity index (χ1n) is 11.7. The predicted octanol–water partition coefficient (Wildman–Crippen LogP) is -0.647. The van der Waals surface area contributed by atoms with Crippen LogP contribution in [-0.2, 0) is 21.9 Å². The van der Waals surface area contributed by atoms with E-state index in [1.165, 1.54) is 23.9 Å². The Morgan fingerprint density at radius 1 is 0.950 bits per heavy atom. The van der Waals surface area contributed by atoms with Crippen molar-refractivity contribution in [1.82, 2.24) is 30.5 Å². The number of aromatic nitrogens is 5.